The Morgan fingerprint density at radius 3 is 2.25 bits per heavy atom. The van der Waals surface area contributed by atoms with E-state index in [0.717, 1.165) is 5.56 Å². The maximum Gasteiger partial charge on any atom is 0.343 e. The monoisotopic (exact) mass is 357 g/mol. The topological polar surface area (TPSA) is 102 Å². The summed E-state index contributed by atoms with van der Waals surface area (Å²) in [6.07, 6.45) is -0.0333. The Balaban J connectivity index is 2.98. The summed E-state index contributed by atoms with van der Waals surface area (Å²) in [5.41, 5.74) is -0.218. The smallest absolute Gasteiger partial charge is 0.343 e. The summed E-state index contributed by atoms with van der Waals surface area (Å²) in [6.45, 7) is 3.59. The second-order valence-electron chi connectivity index (χ2n) is 5.02. The molecule has 1 atom stereocenters. The van der Waals surface area contributed by atoms with Crippen molar-refractivity contribution in [3.63, 3.8) is 0 Å². The molecule has 0 radical (unpaired) electrons. The minimum atomic E-state index is -3.67. The molecule has 1 rings (SSSR count). The number of benzene rings is 1. The zero-order valence-corrected chi connectivity index (χ0v) is 14.8. The number of amides is 1. The molecule has 0 aliphatic rings. The zero-order valence-electron chi connectivity index (χ0n) is 13.9. The van der Waals surface area contributed by atoms with Gasteiger partial charge in [-0.3, -0.25) is 14.2 Å². The van der Waals surface area contributed by atoms with E-state index >= 15 is 0 Å². The van der Waals surface area contributed by atoms with E-state index in [4.69, 9.17) is 14.2 Å². The number of carboxylic acid groups (broad SMARTS) is 1. The van der Waals surface area contributed by atoms with Crippen molar-refractivity contribution in [3.05, 3.63) is 35.9 Å². The summed E-state index contributed by atoms with van der Waals surface area (Å²) >= 11 is 0. The van der Waals surface area contributed by atoms with Crippen LogP contribution in [-0.4, -0.2) is 42.4 Å². The maximum absolute atomic E-state index is 13.0. The van der Waals surface area contributed by atoms with Crippen LogP contribution in [0.3, 0.4) is 0 Å². The van der Waals surface area contributed by atoms with Gasteiger partial charge in [0.25, 0.3) is 0 Å². The molecule has 1 aromatic rings. The largest absolute Gasteiger partial charge is 0.481 e. The molecule has 1 aromatic carbocycles. The van der Waals surface area contributed by atoms with Crippen molar-refractivity contribution in [1.29, 1.82) is 0 Å². The fraction of sp³-hybridized carbons (Fsp3) is 0.500. The number of carboxylic acids is 1. The van der Waals surface area contributed by atoms with E-state index in [2.05, 4.69) is 5.32 Å². The third-order valence-corrected chi connectivity index (χ3v) is 5.63. The first-order chi connectivity index (χ1) is 11.4. The average Bonchev–Trinajstić information content (AvgIpc) is 2.53. The Hall–Kier alpha value is -1.69. The van der Waals surface area contributed by atoms with Gasteiger partial charge in [-0.1, -0.05) is 30.3 Å². The summed E-state index contributed by atoms with van der Waals surface area (Å²) in [4.78, 5) is 23.1. The molecule has 0 aliphatic carbocycles. The lowest BCUT2D eigenvalue weighted by Gasteiger charge is -2.25. The molecule has 0 spiro atoms. The van der Waals surface area contributed by atoms with Crippen LogP contribution < -0.4 is 5.32 Å². The predicted octanol–water partition coefficient (Wildman–Crippen LogP) is 2.45. The van der Waals surface area contributed by atoms with Crippen molar-refractivity contribution in [2.24, 2.45) is 0 Å². The van der Waals surface area contributed by atoms with Gasteiger partial charge in [0.2, 0.25) is 5.91 Å². The van der Waals surface area contributed by atoms with Gasteiger partial charge in [-0.2, -0.15) is 0 Å². The molecular weight excluding hydrogens is 333 g/mol. The molecule has 0 fully saturated rings. The van der Waals surface area contributed by atoms with Gasteiger partial charge in [-0.15, -0.1) is 0 Å². The first kappa shape index (κ1) is 20.4. The minimum Gasteiger partial charge on any atom is -0.481 e. The maximum atomic E-state index is 13.0. The van der Waals surface area contributed by atoms with E-state index in [1.807, 2.05) is 30.3 Å². The zero-order chi connectivity index (χ0) is 18.0. The van der Waals surface area contributed by atoms with Gasteiger partial charge in [0, 0.05) is 6.54 Å². The van der Waals surface area contributed by atoms with Gasteiger partial charge in [0.05, 0.1) is 19.6 Å². The molecule has 24 heavy (non-hydrogen) atoms. The lowest BCUT2D eigenvalue weighted by molar-refractivity contribution is -0.136. The van der Waals surface area contributed by atoms with Gasteiger partial charge in [0.1, 0.15) is 5.66 Å². The van der Waals surface area contributed by atoms with Crippen molar-refractivity contribution in [2.45, 2.75) is 32.3 Å². The Morgan fingerprint density at radius 1 is 1.17 bits per heavy atom. The van der Waals surface area contributed by atoms with Gasteiger partial charge in [-0.05, 0) is 25.8 Å². The molecule has 8 heteroatoms. The molecule has 0 saturated carbocycles. The van der Waals surface area contributed by atoms with E-state index in [1.54, 1.807) is 13.8 Å². The molecule has 0 aromatic heterocycles. The number of rotatable bonds is 11. The Labute approximate surface area is 141 Å². The van der Waals surface area contributed by atoms with Crippen LogP contribution in [-0.2, 0) is 29.6 Å². The van der Waals surface area contributed by atoms with Gasteiger partial charge in [0.15, 0.2) is 0 Å². The van der Waals surface area contributed by atoms with Crippen LogP contribution in [0.4, 0.5) is 0 Å². The molecule has 0 heterocycles. The van der Waals surface area contributed by atoms with E-state index in [1.165, 1.54) is 0 Å². The van der Waals surface area contributed by atoms with Crippen molar-refractivity contribution in [3.8, 4) is 0 Å². The van der Waals surface area contributed by atoms with Gasteiger partial charge >= 0.3 is 13.6 Å². The van der Waals surface area contributed by atoms with Crippen molar-refractivity contribution >= 4 is 19.5 Å². The van der Waals surface area contributed by atoms with Gasteiger partial charge in [-0.25, -0.2) is 0 Å². The Kier molecular flexibility index (Phi) is 8.68. The summed E-state index contributed by atoms with van der Waals surface area (Å²) < 4.78 is 23.7. The molecule has 0 saturated heterocycles. The predicted molar refractivity (Wildman–Crippen MR) is 90.1 cm³/mol. The van der Waals surface area contributed by atoms with Crippen LogP contribution in [0.25, 0.3) is 0 Å². The first-order valence-corrected chi connectivity index (χ1v) is 9.46. The highest BCUT2D eigenvalue weighted by atomic mass is 31.2. The number of carbonyl (C=O) groups is 2. The number of aliphatic carboxylic acids is 1. The average molecular weight is 357 g/mol. The van der Waals surface area contributed by atoms with Crippen LogP contribution in [0.1, 0.15) is 25.8 Å². The number of carbonyl (C=O) groups excluding carboxylic acids is 1. The highest BCUT2D eigenvalue weighted by Gasteiger charge is 2.40. The molecule has 0 bridgehead atoms. The van der Waals surface area contributed by atoms with Crippen molar-refractivity contribution in [2.75, 3.05) is 19.8 Å². The fourth-order valence-corrected chi connectivity index (χ4v) is 4.14. The van der Waals surface area contributed by atoms with Crippen molar-refractivity contribution in [1.82, 2.24) is 5.32 Å². The third-order valence-electron chi connectivity index (χ3n) is 3.21. The molecular formula is C16H24NO6P. The van der Waals surface area contributed by atoms with Crippen LogP contribution in [0, 0.1) is 0 Å². The SMILES string of the molecule is CCOP(=O)(OCC)[C@@H](Cc1ccccc1)C(=O)NCCC(=O)O. The normalized spacial score (nSPS) is 12.6. The van der Waals surface area contributed by atoms with E-state index in [-0.39, 0.29) is 32.6 Å². The Bertz CT molecular complexity index is 567. The summed E-state index contributed by atoms with van der Waals surface area (Å²) in [7, 11) is -3.67. The quantitative estimate of drug-likeness (QED) is 0.590. The van der Waals surface area contributed by atoms with Crippen LogP contribution in [0.15, 0.2) is 30.3 Å². The highest BCUT2D eigenvalue weighted by molar-refractivity contribution is 7.55. The molecule has 0 aliphatic heterocycles. The van der Waals surface area contributed by atoms with Crippen LogP contribution in [0.5, 0.6) is 0 Å². The number of hydrogen-bond acceptors (Lipinski definition) is 5. The number of hydrogen-bond donors (Lipinski definition) is 2. The lowest BCUT2D eigenvalue weighted by atomic mass is 10.1. The van der Waals surface area contributed by atoms with Gasteiger partial charge < -0.3 is 19.5 Å². The molecule has 1 amide bonds. The molecule has 7 nitrogen and oxygen atoms in total. The lowest BCUT2D eigenvalue weighted by Crippen LogP contribution is -2.38. The van der Waals surface area contributed by atoms with E-state index < -0.39 is 25.1 Å². The number of nitrogens with one attached hydrogen (secondary N) is 1. The highest BCUT2D eigenvalue weighted by Crippen LogP contribution is 2.54. The third kappa shape index (κ3) is 6.43. The summed E-state index contributed by atoms with van der Waals surface area (Å²) in [6, 6.07) is 9.12. The summed E-state index contributed by atoms with van der Waals surface area (Å²) in [5.74, 6) is -1.56. The molecule has 0 unspecified atom stereocenters. The van der Waals surface area contributed by atoms with E-state index in [9.17, 15) is 14.2 Å². The Morgan fingerprint density at radius 2 is 1.75 bits per heavy atom. The molecule has 134 valence electrons. The fourth-order valence-electron chi connectivity index (χ4n) is 2.17. The van der Waals surface area contributed by atoms with E-state index in [0.29, 0.717) is 0 Å². The molecule has 2 N–H and O–H groups in total. The summed E-state index contributed by atoms with van der Waals surface area (Å²) in [5, 5.41) is 11.2. The standard InChI is InChI=1S/C16H24NO6P/c1-3-22-24(21,23-4-2)14(12-13-8-6-5-7-9-13)16(20)17-11-10-15(18)19/h5-9,14H,3-4,10-12H2,1-2H3,(H,17,20)(H,18,19)/t14-/m0/s1. The first-order valence-electron chi connectivity index (χ1n) is 7.85. The van der Waals surface area contributed by atoms with Crippen molar-refractivity contribution < 1.29 is 28.3 Å². The van der Waals surface area contributed by atoms with Crippen LogP contribution in [0.2, 0.25) is 0 Å². The second-order valence-corrected chi connectivity index (χ2v) is 7.24. The second kappa shape index (κ2) is 10.2. The van der Waals surface area contributed by atoms with Crippen LogP contribution >= 0.6 is 7.60 Å². The minimum absolute atomic E-state index is 0.0439.